The monoisotopic (exact) mass is 279 g/mol. The Labute approximate surface area is 113 Å². The molecule has 0 aliphatic heterocycles. The molecule has 0 unspecified atom stereocenters. The molecule has 3 rings (SSSR count). The molecule has 2 aromatic rings. The highest BCUT2D eigenvalue weighted by atomic mass is 32.1. The third-order valence-corrected chi connectivity index (χ3v) is 4.59. The molecule has 1 aliphatic carbocycles. The molecule has 6 nitrogen and oxygen atoms in total. The number of carbonyl (C=O) groups is 1. The lowest BCUT2D eigenvalue weighted by atomic mass is 10.2. The summed E-state index contributed by atoms with van der Waals surface area (Å²) in [5, 5.41) is 22.4. The zero-order valence-electron chi connectivity index (χ0n) is 10.1. The van der Waals surface area contributed by atoms with E-state index in [4.69, 9.17) is 5.11 Å². The van der Waals surface area contributed by atoms with Gasteiger partial charge in [-0.05, 0) is 24.8 Å². The summed E-state index contributed by atoms with van der Waals surface area (Å²) in [7, 11) is 0. The number of aliphatic carboxylic acids is 1. The third kappa shape index (κ3) is 2.09. The van der Waals surface area contributed by atoms with E-state index in [1.165, 1.54) is 22.1 Å². The number of thiophene rings is 1. The molecule has 19 heavy (non-hydrogen) atoms. The van der Waals surface area contributed by atoms with Crippen LogP contribution in [0.3, 0.4) is 0 Å². The summed E-state index contributed by atoms with van der Waals surface area (Å²) in [6, 6.07) is -1.03. The normalized spacial score (nSPS) is 15.6. The van der Waals surface area contributed by atoms with Crippen molar-refractivity contribution in [1.82, 2.24) is 9.97 Å². The van der Waals surface area contributed by atoms with Gasteiger partial charge in [-0.25, -0.2) is 4.98 Å². The van der Waals surface area contributed by atoms with Gasteiger partial charge in [0.25, 0.3) is 0 Å². The number of rotatable bonds is 4. The van der Waals surface area contributed by atoms with Crippen LogP contribution in [0.15, 0.2) is 6.33 Å². The molecule has 3 N–H and O–H groups in total. The van der Waals surface area contributed by atoms with Gasteiger partial charge in [0.05, 0.1) is 5.39 Å². The van der Waals surface area contributed by atoms with Crippen LogP contribution in [-0.2, 0) is 17.6 Å². The molecular formula is C12H13N3O3S. The van der Waals surface area contributed by atoms with E-state index in [0.717, 1.165) is 29.5 Å². The molecule has 7 heteroatoms. The summed E-state index contributed by atoms with van der Waals surface area (Å²) in [4.78, 5) is 21.5. The van der Waals surface area contributed by atoms with Crippen molar-refractivity contribution in [2.24, 2.45) is 0 Å². The lowest BCUT2D eigenvalue weighted by molar-refractivity contribution is -0.611. The minimum Gasteiger partial charge on any atom is -0.544 e. The molecule has 0 saturated heterocycles. The minimum atomic E-state index is -1.29. The minimum absolute atomic E-state index is 0.486. The predicted molar refractivity (Wildman–Crippen MR) is 66.9 cm³/mol. The Morgan fingerprint density at radius 1 is 1.53 bits per heavy atom. The van der Waals surface area contributed by atoms with Gasteiger partial charge < -0.3 is 15.0 Å². The number of hydrogen-bond acceptors (Lipinski definition) is 6. The van der Waals surface area contributed by atoms with Gasteiger partial charge >= 0.3 is 0 Å². The number of fused-ring (bicyclic) bond motifs is 3. The van der Waals surface area contributed by atoms with Gasteiger partial charge in [-0.2, -0.15) is 4.98 Å². The highest BCUT2D eigenvalue weighted by Gasteiger charge is 2.24. The van der Waals surface area contributed by atoms with Gasteiger partial charge in [0.15, 0.2) is 6.04 Å². The molecule has 0 radical (unpaired) electrons. The average molecular weight is 279 g/mol. The molecule has 1 aliphatic rings. The van der Waals surface area contributed by atoms with Crippen molar-refractivity contribution in [3.63, 3.8) is 0 Å². The van der Waals surface area contributed by atoms with Crippen molar-refractivity contribution < 1.29 is 20.3 Å². The van der Waals surface area contributed by atoms with Gasteiger partial charge in [-0.1, -0.05) is 0 Å². The van der Waals surface area contributed by atoms with Crippen LogP contribution in [0.5, 0.6) is 0 Å². The largest absolute Gasteiger partial charge is 0.544 e. The van der Waals surface area contributed by atoms with Gasteiger partial charge in [0.2, 0.25) is 5.82 Å². The second-order valence-electron chi connectivity index (χ2n) is 4.57. The zero-order valence-corrected chi connectivity index (χ0v) is 10.9. The Balaban J connectivity index is 2.06. The second kappa shape index (κ2) is 4.84. The number of carboxylic acids is 1. The second-order valence-corrected chi connectivity index (χ2v) is 5.65. The Bertz CT molecular complexity index is 640. The molecule has 100 valence electrons. The first kappa shape index (κ1) is 12.5. The molecule has 0 saturated carbocycles. The molecule has 0 bridgehead atoms. The number of aromatic nitrogens is 2. The van der Waals surface area contributed by atoms with E-state index in [0.29, 0.717) is 5.82 Å². The number of nitrogens with two attached hydrogens (primary N) is 1. The number of aryl methyl sites for hydroxylation is 2. The summed E-state index contributed by atoms with van der Waals surface area (Å²) in [5.74, 6) is -0.700. The third-order valence-electron chi connectivity index (χ3n) is 3.39. The first-order valence-electron chi connectivity index (χ1n) is 6.12. The summed E-state index contributed by atoms with van der Waals surface area (Å²) < 4.78 is 0. The van der Waals surface area contributed by atoms with Gasteiger partial charge in [0, 0.05) is 4.88 Å². The molecule has 2 heterocycles. The number of aliphatic hydroxyl groups excluding tert-OH is 1. The van der Waals surface area contributed by atoms with Crippen LogP contribution < -0.4 is 10.4 Å². The maximum Gasteiger partial charge on any atom is 0.237 e. The van der Waals surface area contributed by atoms with Crippen LogP contribution in [0.25, 0.3) is 10.2 Å². The number of quaternary nitrogens is 1. The molecule has 2 aromatic heterocycles. The lowest BCUT2D eigenvalue weighted by Gasteiger charge is -2.13. The van der Waals surface area contributed by atoms with E-state index in [1.54, 1.807) is 11.3 Å². The molecular weight excluding hydrogens is 266 g/mol. The number of aliphatic hydroxyl groups is 1. The quantitative estimate of drug-likeness (QED) is 0.708. The summed E-state index contributed by atoms with van der Waals surface area (Å²) >= 11 is 1.65. The van der Waals surface area contributed by atoms with E-state index >= 15 is 0 Å². The maximum atomic E-state index is 10.9. The molecule has 0 fully saturated rings. The molecule has 0 spiro atoms. The summed E-state index contributed by atoms with van der Waals surface area (Å²) in [6.45, 7) is -0.486. The van der Waals surface area contributed by atoms with Crippen molar-refractivity contribution >= 4 is 33.3 Å². The van der Waals surface area contributed by atoms with Crippen LogP contribution in [0, 0.1) is 0 Å². The number of carboxylic acid groups (broad SMARTS) is 1. The average Bonchev–Trinajstić information content (AvgIpc) is 2.95. The number of nitrogens with zero attached hydrogens (tertiary/aromatic N) is 2. The maximum absolute atomic E-state index is 10.9. The van der Waals surface area contributed by atoms with Crippen molar-refractivity contribution in [3.8, 4) is 0 Å². The van der Waals surface area contributed by atoms with E-state index in [9.17, 15) is 9.90 Å². The van der Waals surface area contributed by atoms with E-state index < -0.39 is 18.6 Å². The molecule has 0 amide bonds. The van der Waals surface area contributed by atoms with E-state index in [2.05, 4.69) is 9.97 Å². The van der Waals surface area contributed by atoms with Gasteiger partial charge in [-0.15, -0.1) is 11.3 Å². The standard InChI is InChI=1S/C12H13N3O3S/c16-4-7(12(17)18)15-10-9-6-2-1-3-8(6)19-11(9)14-5-13-10/h5,7,16H,1-4H2,(H,17,18)(H,13,14,15)/t7-/m0/s1. The fourth-order valence-electron chi connectivity index (χ4n) is 2.47. The smallest absolute Gasteiger partial charge is 0.237 e. The van der Waals surface area contributed by atoms with Crippen LogP contribution in [0.1, 0.15) is 16.9 Å². The Hall–Kier alpha value is -1.57. The van der Waals surface area contributed by atoms with Crippen molar-refractivity contribution in [3.05, 3.63) is 16.8 Å². The highest BCUT2D eigenvalue weighted by molar-refractivity contribution is 7.19. The predicted octanol–water partition coefficient (Wildman–Crippen LogP) is -1.51. The topological polar surface area (TPSA) is 103 Å². The Morgan fingerprint density at radius 3 is 3.11 bits per heavy atom. The van der Waals surface area contributed by atoms with Crippen molar-refractivity contribution in [2.45, 2.75) is 25.3 Å². The van der Waals surface area contributed by atoms with E-state index in [1.807, 2.05) is 0 Å². The zero-order chi connectivity index (χ0) is 13.4. The van der Waals surface area contributed by atoms with Crippen LogP contribution in [-0.4, -0.2) is 33.7 Å². The van der Waals surface area contributed by atoms with Crippen molar-refractivity contribution in [1.29, 1.82) is 0 Å². The van der Waals surface area contributed by atoms with Gasteiger partial charge in [0.1, 0.15) is 23.7 Å². The van der Waals surface area contributed by atoms with Crippen LogP contribution in [0.4, 0.5) is 5.82 Å². The molecule has 1 atom stereocenters. The van der Waals surface area contributed by atoms with Crippen molar-refractivity contribution in [2.75, 3.05) is 6.61 Å². The van der Waals surface area contributed by atoms with Crippen LogP contribution in [0.2, 0.25) is 0 Å². The fraction of sp³-hybridized carbons (Fsp3) is 0.417. The molecule has 0 aromatic carbocycles. The SMILES string of the molecule is O=C([O-])[C@H](CO)[NH2+]c1ncnc2sc3c(c12)CCC3. The van der Waals surface area contributed by atoms with E-state index in [-0.39, 0.29) is 0 Å². The first-order valence-corrected chi connectivity index (χ1v) is 6.94. The summed E-state index contributed by atoms with van der Waals surface area (Å²) in [5.41, 5.74) is 1.24. The number of hydrogen-bond donors (Lipinski definition) is 2. The fourth-order valence-corrected chi connectivity index (χ4v) is 3.70. The van der Waals surface area contributed by atoms with Crippen LogP contribution >= 0.6 is 11.3 Å². The first-order chi connectivity index (χ1) is 9.20. The van der Waals surface area contributed by atoms with Gasteiger partial charge in [-0.3, -0.25) is 5.32 Å². The summed E-state index contributed by atoms with van der Waals surface area (Å²) in [6.07, 6.45) is 4.59. The Morgan fingerprint density at radius 2 is 2.37 bits per heavy atom. The number of carbonyl (C=O) groups excluding carboxylic acids is 1. The Kier molecular flexibility index (Phi) is 3.17. The lowest BCUT2D eigenvalue weighted by Crippen LogP contribution is -2.89. The highest BCUT2D eigenvalue weighted by Crippen LogP contribution is 2.37.